The minimum absolute atomic E-state index is 0.318. The first-order valence-corrected chi connectivity index (χ1v) is 5.29. The van der Waals surface area contributed by atoms with E-state index in [-0.39, 0.29) is 0 Å². The normalized spacial score (nSPS) is 10.0. The highest BCUT2D eigenvalue weighted by Gasteiger charge is 2.02. The van der Waals surface area contributed by atoms with E-state index in [0.717, 1.165) is 17.5 Å². The zero-order valence-electron chi connectivity index (χ0n) is 9.06. The molecule has 0 unspecified atom stereocenters. The topological polar surface area (TPSA) is 20.2 Å². The Balaban J connectivity index is 2.35. The molecule has 0 saturated carbocycles. The number of hydrogen-bond acceptors (Lipinski definition) is 1. The molecule has 0 aromatic heterocycles. The molecule has 0 radical (unpaired) electrons. The predicted molar refractivity (Wildman–Crippen MR) is 67.4 cm³/mol. The lowest BCUT2D eigenvalue weighted by molar-refractivity contribution is 0.477. The van der Waals surface area contributed by atoms with Crippen LogP contribution in [0.25, 0.3) is 11.1 Å². The Morgan fingerprint density at radius 2 is 1.69 bits per heavy atom. The lowest BCUT2D eigenvalue weighted by Gasteiger charge is -2.05. The van der Waals surface area contributed by atoms with Gasteiger partial charge in [0.15, 0.2) is 0 Å². The Bertz CT molecular complexity index is 483. The van der Waals surface area contributed by atoms with Gasteiger partial charge in [0.2, 0.25) is 0 Å². The molecule has 16 heavy (non-hydrogen) atoms. The average molecular weight is 210 g/mol. The molecule has 0 heterocycles. The van der Waals surface area contributed by atoms with Gasteiger partial charge < -0.3 is 5.11 Å². The summed E-state index contributed by atoms with van der Waals surface area (Å²) in [5.74, 6) is 0.318. The van der Waals surface area contributed by atoms with E-state index in [2.05, 4.69) is 18.7 Å². The number of phenolic OH excluding ortho intramolecular Hbond substituents is 1. The molecule has 0 fully saturated rings. The van der Waals surface area contributed by atoms with Crippen molar-refractivity contribution in [2.75, 3.05) is 0 Å². The van der Waals surface area contributed by atoms with Gasteiger partial charge in [-0.2, -0.15) is 0 Å². The maximum absolute atomic E-state index is 9.72. The summed E-state index contributed by atoms with van der Waals surface area (Å²) in [6.45, 7) is 3.71. The van der Waals surface area contributed by atoms with E-state index in [1.165, 1.54) is 5.56 Å². The van der Waals surface area contributed by atoms with Crippen molar-refractivity contribution in [2.45, 2.75) is 6.42 Å². The van der Waals surface area contributed by atoms with Crippen molar-refractivity contribution in [3.8, 4) is 16.9 Å². The van der Waals surface area contributed by atoms with Gasteiger partial charge in [-0.15, -0.1) is 6.58 Å². The van der Waals surface area contributed by atoms with Crippen LogP contribution in [0.2, 0.25) is 0 Å². The molecule has 0 atom stereocenters. The van der Waals surface area contributed by atoms with E-state index in [1.54, 1.807) is 6.07 Å². The minimum Gasteiger partial charge on any atom is -0.507 e. The van der Waals surface area contributed by atoms with Crippen molar-refractivity contribution >= 4 is 0 Å². The van der Waals surface area contributed by atoms with Crippen molar-refractivity contribution in [3.05, 3.63) is 66.7 Å². The number of aromatic hydroxyl groups is 1. The number of allylic oxidation sites excluding steroid dienone is 1. The van der Waals surface area contributed by atoms with Gasteiger partial charge in [-0.25, -0.2) is 0 Å². The second-order valence-electron chi connectivity index (χ2n) is 3.71. The number of phenols is 1. The van der Waals surface area contributed by atoms with E-state index >= 15 is 0 Å². The molecule has 0 saturated heterocycles. The highest BCUT2D eigenvalue weighted by atomic mass is 16.3. The fraction of sp³-hybridized carbons (Fsp3) is 0.0667. The second kappa shape index (κ2) is 4.67. The Hall–Kier alpha value is -2.02. The SMILES string of the molecule is C=CCc1ccc(-c2ccccc2O)cc1. The Kier molecular flexibility index (Phi) is 3.06. The highest BCUT2D eigenvalue weighted by Crippen LogP contribution is 2.28. The quantitative estimate of drug-likeness (QED) is 0.764. The fourth-order valence-corrected chi connectivity index (χ4v) is 1.70. The Morgan fingerprint density at radius 3 is 2.31 bits per heavy atom. The summed E-state index contributed by atoms with van der Waals surface area (Å²) in [7, 11) is 0. The smallest absolute Gasteiger partial charge is 0.123 e. The van der Waals surface area contributed by atoms with Crippen molar-refractivity contribution < 1.29 is 5.11 Å². The van der Waals surface area contributed by atoms with E-state index in [4.69, 9.17) is 0 Å². The second-order valence-corrected chi connectivity index (χ2v) is 3.71. The number of rotatable bonds is 3. The molecular weight excluding hydrogens is 196 g/mol. The summed E-state index contributed by atoms with van der Waals surface area (Å²) in [4.78, 5) is 0. The highest BCUT2D eigenvalue weighted by molar-refractivity contribution is 5.70. The summed E-state index contributed by atoms with van der Waals surface area (Å²) in [5.41, 5.74) is 3.13. The third-order valence-corrected chi connectivity index (χ3v) is 2.55. The largest absolute Gasteiger partial charge is 0.507 e. The molecule has 0 aliphatic heterocycles. The van der Waals surface area contributed by atoms with Gasteiger partial charge in [0, 0.05) is 5.56 Å². The van der Waals surface area contributed by atoms with Crippen LogP contribution in [-0.4, -0.2) is 5.11 Å². The van der Waals surface area contributed by atoms with Crippen LogP contribution in [0, 0.1) is 0 Å². The molecular formula is C15H14O. The van der Waals surface area contributed by atoms with Crippen LogP contribution in [0.1, 0.15) is 5.56 Å². The maximum atomic E-state index is 9.72. The van der Waals surface area contributed by atoms with Crippen LogP contribution >= 0.6 is 0 Å². The number of para-hydroxylation sites is 1. The number of hydrogen-bond donors (Lipinski definition) is 1. The molecule has 0 aliphatic carbocycles. The van der Waals surface area contributed by atoms with E-state index in [9.17, 15) is 5.11 Å². The monoisotopic (exact) mass is 210 g/mol. The van der Waals surface area contributed by atoms with Crippen LogP contribution in [0.5, 0.6) is 5.75 Å². The van der Waals surface area contributed by atoms with Gasteiger partial charge in [-0.3, -0.25) is 0 Å². The molecule has 1 nitrogen and oxygen atoms in total. The van der Waals surface area contributed by atoms with Crippen LogP contribution in [0.4, 0.5) is 0 Å². The number of benzene rings is 2. The maximum Gasteiger partial charge on any atom is 0.123 e. The molecule has 0 bridgehead atoms. The lowest BCUT2D eigenvalue weighted by atomic mass is 10.0. The van der Waals surface area contributed by atoms with Gasteiger partial charge in [0.05, 0.1) is 0 Å². The van der Waals surface area contributed by atoms with Gasteiger partial charge >= 0.3 is 0 Å². The third-order valence-electron chi connectivity index (χ3n) is 2.55. The minimum atomic E-state index is 0.318. The Morgan fingerprint density at radius 1 is 1.00 bits per heavy atom. The first-order valence-electron chi connectivity index (χ1n) is 5.29. The summed E-state index contributed by atoms with van der Waals surface area (Å²) in [5, 5.41) is 9.72. The van der Waals surface area contributed by atoms with Gasteiger partial charge in [-0.05, 0) is 23.6 Å². The summed E-state index contributed by atoms with van der Waals surface area (Å²) in [6.07, 6.45) is 2.76. The van der Waals surface area contributed by atoms with Crippen molar-refractivity contribution in [1.29, 1.82) is 0 Å². The van der Waals surface area contributed by atoms with Crippen molar-refractivity contribution in [2.24, 2.45) is 0 Å². The summed E-state index contributed by atoms with van der Waals surface area (Å²) < 4.78 is 0. The fourth-order valence-electron chi connectivity index (χ4n) is 1.70. The molecule has 0 amide bonds. The van der Waals surface area contributed by atoms with Crippen LogP contribution in [0.3, 0.4) is 0 Å². The summed E-state index contributed by atoms with van der Waals surface area (Å²) in [6, 6.07) is 15.5. The molecule has 2 aromatic rings. The van der Waals surface area contributed by atoms with E-state index in [0.29, 0.717) is 5.75 Å². The molecule has 2 rings (SSSR count). The van der Waals surface area contributed by atoms with Crippen LogP contribution < -0.4 is 0 Å². The lowest BCUT2D eigenvalue weighted by Crippen LogP contribution is -1.82. The van der Waals surface area contributed by atoms with Gasteiger partial charge in [-0.1, -0.05) is 48.5 Å². The Labute approximate surface area is 95.7 Å². The average Bonchev–Trinajstić information content (AvgIpc) is 2.31. The molecule has 2 aromatic carbocycles. The van der Waals surface area contributed by atoms with Crippen molar-refractivity contribution in [3.63, 3.8) is 0 Å². The first kappa shape index (κ1) is 10.5. The van der Waals surface area contributed by atoms with Gasteiger partial charge in [0.25, 0.3) is 0 Å². The van der Waals surface area contributed by atoms with Gasteiger partial charge in [0.1, 0.15) is 5.75 Å². The van der Waals surface area contributed by atoms with Crippen LogP contribution in [0.15, 0.2) is 61.2 Å². The van der Waals surface area contributed by atoms with E-state index < -0.39 is 0 Å². The van der Waals surface area contributed by atoms with Crippen molar-refractivity contribution in [1.82, 2.24) is 0 Å². The standard InChI is InChI=1S/C15H14O/c1-2-5-12-8-10-13(11-9-12)14-6-3-4-7-15(14)16/h2-4,6-11,16H,1,5H2. The molecule has 80 valence electrons. The van der Waals surface area contributed by atoms with Crippen LogP contribution in [-0.2, 0) is 6.42 Å². The third kappa shape index (κ3) is 2.14. The van der Waals surface area contributed by atoms with E-state index in [1.807, 2.05) is 36.4 Å². The zero-order chi connectivity index (χ0) is 11.4. The molecule has 1 heteroatoms. The first-order chi connectivity index (χ1) is 7.81. The predicted octanol–water partition coefficient (Wildman–Crippen LogP) is 3.79. The zero-order valence-corrected chi connectivity index (χ0v) is 9.06. The molecule has 1 N–H and O–H groups in total. The molecule has 0 spiro atoms. The molecule has 0 aliphatic rings. The summed E-state index contributed by atoms with van der Waals surface area (Å²) >= 11 is 0.